The van der Waals surface area contributed by atoms with Gasteiger partial charge in [-0.15, -0.1) is 0 Å². The Morgan fingerprint density at radius 2 is 2.35 bits per heavy atom. The van der Waals surface area contributed by atoms with Gasteiger partial charge in [-0.25, -0.2) is 4.98 Å². The van der Waals surface area contributed by atoms with Gasteiger partial charge in [0.25, 0.3) is 0 Å². The van der Waals surface area contributed by atoms with Crippen molar-refractivity contribution >= 4 is 5.78 Å². The fraction of sp³-hybridized carbons (Fsp3) is 0.692. The maximum absolute atomic E-state index is 11.8. The van der Waals surface area contributed by atoms with Gasteiger partial charge in [-0.05, 0) is 26.2 Å². The summed E-state index contributed by atoms with van der Waals surface area (Å²) in [5, 5.41) is 0. The first-order chi connectivity index (χ1) is 8.13. The summed E-state index contributed by atoms with van der Waals surface area (Å²) in [6, 6.07) is 0.185. The molecule has 0 aliphatic heterocycles. The second-order valence-corrected chi connectivity index (χ2v) is 4.62. The predicted molar refractivity (Wildman–Crippen MR) is 68.7 cm³/mol. The predicted octanol–water partition coefficient (Wildman–Crippen LogP) is 1.92. The fourth-order valence-electron chi connectivity index (χ4n) is 1.84. The molecular formula is C13H23N3O. The van der Waals surface area contributed by atoms with Crippen LogP contribution in [0.5, 0.6) is 0 Å². The lowest BCUT2D eigenvalue weighted by molar-refractivity contribution is -0.118. The molecule has 0 aromatic carbocycles. The van der Waals surface area contributed by atoms with Crippen molar-refractivity contribution in [2.75, 3.05) is 0 Å². The third-order valence-electron chi connectivity index (χ3n) is 2.74. The molecule has 0 aliphatic carbocycles. The molecule has 1 aromatic rings. The number of aromatic nitrogens is 2. The van der Waals surface area contributed by atoms with Crippen molar-refractivity contribution in [3.63, 3.8) is 0 Å². The first kappa shape index (κ1) is 13.9. The Morgan fingerprint density at radius 3 is 3.00 bits per heavy atom. The molecule has 4 heteroatoms. The Kier molecular flexibility index (Phi) is 5.91. The van der Waals surface area contributed by atoms with Gasteiger partial charge in [-0.2, -0.15) is 0 Å². The van der Waals surface area contributed by atoms with E-state index in [-0.39, 0.29) is 11.8 Å². The molecule has 0 fully saturated rings. The standard InChI is InChI=1S/C13H23N3O/c1-3-8-16-9-7-15-13(16)10-12(17)6-4-5-11(2)14/h7,9,11H,3-6,8,10,14H2,1-2H3. The molecule has 0 bridgehead atoms. The SMILES string of the molecule is CCCn1ccnc1CC(=O)CCCC(C)N. The van der Waals surface area contributed by atoms with E-state index in [1.165, 1.54) is 0 Å². The van der Waals surface area contributed by atoms with Crippen LogP contribution in [-0.4, -0.2) is 21.4 Å². The molecule has 2 N–H and O–H groups in total. The lowest BCUT2D eigenvalue weighted by Gasteiger charge is -2.06. The van der Waals surface area contributed by atoms with Gasteiger partial charge in [-0.1, -0.05) is 6.92 Å². The topological polar surface area (TPSA) is 60.9 Å². The van der Waals surface area contributed by atoms with Crippen LogP contribution in [0.4, 0.5) is 0 Å². The smallest absolute Gasteiger partial charge is 0.140 e. The Balaban J connectivity index is 2.37. The van der Waals surface area contributed by atoms with Crippen molar-refractivity contribution < 1.29 is 4.79 Å². The highest BCUT2D eigenvalue weighted by Gasteiger charge is 2.09. The van der Waals surface area contributed by atoms with E-state index in [1.54, 1.807) is 6.20 Å². The van der Waals surface area contributed by atoms with Crippen molar-refractivity contribution in [2.45, 2.75) is 58.5 Å². The molecule has 0 radical (unpaired) electrons. The lowest BCUT2D eigenvalue weighted by Crippen LogP contribution is -2.15. The number of hydrogen-bond donors (Lipinski definition) is 1. The number of aryl methyl sites for hydroxylation is 1. The summed E-state index contributed by atoms with van der Waals surface area (Å²) in [6.45, 7) is 5.02. The number of nitrogens with zero attached hydrogens (tertiary/aromatic N) is 2. The Morgan fingerprint density at radius 1 is 1.59 bits per heavy atom. The van der Waals surface area contributed by atoms with Crippen LogP contribution in [0, 0.1) is 0 Å². The van der Waals surface area contributed by atoms with E-state index < -0.39 is 0 Å². The van der Waals surface area contributed by atoms with Crippen LogP contribution < -0.4 is 5.73 Å². The molecule has 1 atom stereocenters. The molecule has 1 rings (SSSR count). The molecular weight excluding hydrogens is 214 g/mol. The molecule has 0 saturated carbocycles. The summed E-state index contributed by atoms with van der Waals surface area (Å²) in [6.07, 6.45) is 7.61. The summed E-state index contributed by atoms with van der Waals surface area (Å²) in [7, 11) is 0. The molecule has 96 valence electrons. The lowest BCUT2D eigenvalue weighted by atomic mass is 10.1. The minimum atomic E-state index is 0.185. The highest BCUT2D eigenvalue weighted by Crippen LogP contribution is 2.05. The van der Waals surface area contributed by atoms with Crippen LogP contribution in [0.15, 0.2) is 12.4 Å². The zero-order chi connectivity index (χ0) is 12.7. The molecule has 1 heterocycles. The Labute approximate surface area is 103 Å². The summed E-state index contributed by atoms with van der Waals surface area (Å²) < 4.78 is 2.06. The monoisotopic (exact) mass is 237 g/mol. The summed E-state index contributed by atoms with van der Waals surface area (Å²) in [5.41, 5.74) is 5.65. The first-order valence-electron chi connectivity index (χ1n) is 6.40. The molecule has 0 amide bonds. The van der Waals surface area contributed by atoms with Crippen LogP contribution in [0.3, 0.4) is 0 Å². The van der Waals surface area contributed by atoms with E-state index >= 15 is 0 Å². The molecule has 0 aliphatic rings. The summed E-state index contributed by atoms with van der Waals surface area (Å²) in [5.74, 6) is 1.15. The van der Waals surface area contributed by atoms with Crippen molar-refractivity contribution in [3.05, 3.63) is 18.2 Å². The normalized spacial score (nSPS) is 12.6. The first-order valence-corrected chi connectivity index (χ1v) is 6.40. The van der Waals surface area contributed by atoms with Gasteiger partial charge in [-0.3, -0.25) is 4.79 Å². The van der Waals surface area contributed by atoms with E-state index in [9.17, 15) is 4.79 Å². The molecule has 0 spiro atoms. The Hall–Kier alpha value is -1.16. The molecule has 1 unspecified atom stereocenters. The van der Waals surface area contributed by atoms with Gasteiger partial charge in [0.15, 0.2) is 0 Å². The van der Waals surface area contributed by atoms with Gasteiger partial charge < -0.3 is 10.3 Å². The molecule has 0 saturated heterocycles. The van der Waals surface area contributed by atoms with Crippen LogP contribution in [0.2, 0.25) is 0 Å². The maximum atomic E-state index is 11.8. The molecule has 4 nitrogen and oxygen atoms in total. The van der Waals surface area contributed by atoms with Gasteiger partial charge in [0.05, 0.1) is 6.42 Å². The van der Waals surface area contributed by atoms with Gasteiger partial charge in [0.2, 0.25) is 0 Å². The number of ketones is 1. The minimum absolute atomic E-state index is 0.185. The fourth-order valence-corrected chi connectivity index (χ4v) is 1.84. The number of rotatable bonds is 8. The highest BCUT2D eigenvalue weighted by atomic mass is 16.1. The second-order valence-electron chi connectivity index (χ2n) is 4.62. The summed E-state index contributed by atoms with van der Waals surface area (Å²) in [4.78, 5) is 16.0. The zero-order valence-electron chi connectivity index (χ0n) is 10.9. The van der Waals surface area contributed by atoms with Crippen LogP contribution >= 0.6 is 0 Å². The number of nitrogens with two attached hydrogens (primary N) is 1. The van der Waals surface area contributed by atoms with E-state index in [2.05, 4.69) is 16.5 Å². The van der Waals surface area contributed by atoms with Gasteiger partial charge >= 0.3 is 0 Å². The largest absolute Gasteiger partial charge is 0.335 e. The number of imidazole rings is 1. The second kappa shape index (κ2) is 7.22. The Bertz CT molecular complexity index is 344. The van der Waals surface area contributed by atoms with Crippen molar-refractivity contribution in [3.8, 4) is 0 Å². The van der Waals surface area contributed by atoms with Gasteiger partial charge in [0.1, 0.15) is 11.6 Å². The van der Waals surface area contributed by atoms with E-state index in [4.69, 9.17) is 5.73 Å². The third kappa shape index (κ3) is 5.13. The summed E-state index contributed by atoms with van der Waals surface area (Å²) >= 11 is 0. The zero-order valence-corrected chi connectivity index (χ0v) is 10.9. The minimum Gasteiger partial charge on any atom is -0.335 e. The van der Waals surface area contributed by atoms with Crippen LogP contribution in [0.25, 0.3) is 0 Å². The van der Waals surface area contributed by atoms with Gasteiger partial charge in [0, 0.05) is 31.4 Å². The van der Waals surface area contributed by atoms with Crippen molar-refractivity contribution in [1.29, 1.82) is 0 Å². The van der Waals surface area contributed by atoms with Crippen LogP contribution in [-0.2, 0) is 17.8 Å². The van der Waals surface area contributed by atoms with Crippen molar-refractivity contribution in [2.24, 2.45) is 5.73 Å². The van der Waals surface area contributed by atoms with Crippen molar-refractivity contribution in [1.82, 2.24) is 9.55 Å². The number of Topliss-reactive ketones (excluding diaryl/α,β-unsaturated/α-hetero) is 1. The quantitative estimate of drug-likeness (QED) is 0.751. The van der Waals surface area contributed by atoms with E-state index in [1.807, 2.05) is 13.1 Å². The number of hydrogen-bond acceptors (Lipinski definition) is 3. The maximum Gasteiger partial charge on any atom is 0.140 e. The van der Waals surface area contributed by atoms with E-state index in [0.29, 0.717) is 12.8 Å². The highest BCUT2D eigenvalue weighted by molar-refractivity contribution is 5.80. The molecule has 17 heavy (non-hydrogen) atoms. The van der Waals surface area contributed by atoms with E-state index in [0.717, 1.165) is 31.6 Å². The molecule has 1 aromatic heterocycles. The third-order valence-corrected chi connectivity index (χ3v) is 2.74. The average Bonchev–Trinajstić information content (AvgIpc) is 2.66. The number of carbonyl (C=O) groups excluding carboxylic acids is 1. The average molecular weight is 237 g/mol. The van der Waals surface area contributed by atoms with Crippen LogP contribution in [0.1, 0.15) is 45.4 Å². The number of carbonyl (C=O) groups is 1.